The molecule has 148 valence electrons. The van der Waals surface area contributed by atoms with Crippen LogP contribution in [0.15, 0.2) is 27.9 Å². The van der Waals surface area contributed by atoms with Gasteiger partial charge in [0.2, 0.25) is 10.0 Å². The molecule has 0 bridgehead atoms. The fraction of sp³-hybridized carbons (Fsp3) is 0.529. The Balaban J connectivity index is 1.95. The van der Waals surface area contributed by atoms with Gasteiger partial charge in [-0.15, -0.1) is 0 Å². The van der Waals surface area contributed by atoms with Crippen molar-refractivity contribution in [2.24, 2.45) is 7.05 Å². The van der Waals surface area contributed by atoms with Gasteiger partial charge in [-0.3, -0.25) is 4.57 Å². The standard InChI is InChI=1S/C17H22F2N4O3S/c1-11(2)23-16(20-21(3)17(23)24)12-5-4-8-22(10-12)27(25,26)15-7-6-13(18)9-14(15)19/h6-7,9,11-12H,4-5,8,10H2,1-3H3. The Hall–Kier alpha value is -2.07. The van der Waals surface area contributed by atoms with E-state index in [1.807, 2.05) is 13.8 Å². The summed E-state index contributed by atoms with van der Waals surface area (Å²) in [5.74, 6) is -1.71. The zero-order valence-corrected chi connectivity index (χ0v) is 16.2. The summed E-state index contributed by atoms with van der Waals surface area (Å²) in [6.07, 6.45) is 1.22. The molecule has 7 nitrogen and oxygen atoms in total. The summed E-state index contributed by atoms with van der Waals surface area (Å²) in [4.78, 5) is 11.7. The maximum absolute atomic E-state index is 14.0. The van der Waals surface area contributed by atoms with E-state index in [2.05, 4.69) is 5.10 Å². The Bertz CT molecular complexity index is 1010. The molecular weight excluding hydrogens is 378 g/mol. The molecule has 10 heteroatoms. The van der Waals surface area contributed by atoms with Gasteiger partial charge >= 0.3 is 5.69 Å². The summed E-state index contributed by atoms with van der Waals surface area (Å²) in [5, 5.41) is 4.30. The zero-order chi connectivity index (χ0) is 19.9. The second-order valence-electron chi connectivity index (χ2n) is 7.01. The highest BCUT2D eigenvalue weighted by molar-refractivity contribution is 7.89. The first-order valence-corrected chi connectivity index (χ1v) is 10.2. The van der Waals surface area contributed by atoms with E-state index in [4.69, 9.17) is 0 Å². The van der Waals surface area contributed by atoms with Crippen LogP contribution >= 0.6 is 0 Å². The third-order valence-corrected chi connectivity index (χ3v) is 6.66. The lowest BCUT2D eigenvalue weighted by molar-refractivity contribution is 0.300. The molecule has 0 amide bonds. The van der Waals surface area contributed by atoms with Crippen molar-refractivity contribution in [2.75, 3.05) is 13.1 Å². The summed E-state index contributed by atoms with van der Waals surface area (Å²) < 4.78 is 56.9. The van der Waals surface area contributed by atoms with E-state index in [9.17, 15) is 22.0 Å². The zero-order valence-electron chi connectivity index (χ0n) is 15.4. The van der Waals surface area contributed by atoms with Crippen LogP contribution in [0.5, 0.6) is 0 Å². The van der Waals surface area contributed by atoms with E-state index in [-0.39, 0.29) is 30.7 Å². The van der Waals surface area contributed by atoms with Crippen molar-refractivity contribution >= 4 is 10.0 Å². The normalized spacial score (nSPS) is 19.0. The van der Waals surface area contributed by atoms with Gasteiger partial charge in [0.1, 0.15) is 22.4 Å². The van der Waals surface area contributed by atoms with Gasteiger partial charge in [0.25, 0.3) is 0 Å². The van der Waals surface area contributed by atoms with Gasteiger partial charge in [0.05, 0.1) is 0 Å². The maximum Gasteiger partial charge on any atom is 0.345 e. The van der Waals surface area contributed by atoms with Crippen LogP contribution in [-0.2, 0) is 17.1 Å². The highest BCUT2D eigenvalue weighted by Gasteiger charge is 2.35. The molecule has 1 aliphatic rings. The fourth-order valence-corrected chi connectivity index (χ4v) is 5.03. The number of halogens is 2. The average Bonchev–Trinajstić information content (AvgIpc) is 2.90. The molecule has 0 radical (unpaired) electrons. The molecule has 2 heterocycles. The molecule has 1 aromatic heterocycles. The maximum atomic E-state index is 14.0. The van der Waals surface area contributed by atoms with Crippen molar-refractivity contribution in [3.63, 3.8) is 0 Å². The number of nitrogens with zero attached hydrogens (tertiary/aromatic N) is 4. The summed E-state index contributed by atoms with van der Waals surface area (Å²) in [6, 6.07) is 2.30. The molecule has 1 unspecified atom stereocenters. The SMILES string of the molecule is CC(C)n1c(C2CCCN(S(=O)(=O)c3ccc(F)cc3F)C2)nn(C)c1=O. The minimum atomic E-state index is -4.12. The Labute approximate surface area is 156 Å². The number of hydrogen-bond donors (Lipinski definition) is 0. The van der Waals surface area contributed by atoms with Gasteiger partial charge in [-0.25, -0.2) is 26.7 Å². The average molecular weight is 400 g/mol. The minimum Gasteiger partial charge on any atom is -0.276 e. The molecule has 0 N–H and O–H groups in total. The lowest BCUT2D eigenvalue weighted by Gasteiger charge is -2.31. The number of aryl methyl sites for hydroxylation is 1. The van der Waals surface area contributed by atoms with Crippen LogP contribution in [0.3, 0.4) is 0 Å². The monoisotopic (exact) mass is 400 g/mol. The molecule has 1 atom stereocenters. The van der Waals surface area contributed by atoms with Crippen LogP contribution in [0.1, 0.15) is 44.5 Å². The summed E-state index contributed by atoms with van der Waals surface area (Å²) in [6.45, 7) is 4.03. The molecule has 1 saturated heterocycles. The topological polar surface area (TPSA) is 77.2 Å². The first kappa shape index (κ1) is 19.7. The molecule has 0 saturated carbocycles. The van der Waals surface area contributed by atoms with Crippen molar-refractivity contribution in [1.82, 2.24) is 18.7 Å². The van der Waals surface area contributed by atoms with Crippen molar-refractivity contribution in [2.45, 2.75) is 43.5 Å². The summed E-state index contributed by atoms with van der Waals surface area (Å²) in [7, 11) is -2.57. The third kappa shape index (κ3) is 3.55. The molecule has 27 heavy (non-hydrogen) atoms. The fourth-order valence-electron chi connectivity index (χ4n) is 3.46. The smallest absolute Gasteiger partial charge is 0.276 e. The lowest BCUT2D eigenvalue weighted by atomic mass is 9.98. The summed E-state index contributed by atoms with van der Waals surface area (Å²) in [5.41, 5.74) is -0.260. The van der Waals surface area contributed by atoms with Gasteiger partial charge in [0, 0.05) is 38.2 Å². The van der Waals surface area contributed by atoms with Gasteiger partial charge in [-0.05, 0) is 38.8 Å². The molecule has 3 rings (SSSR count). The third-order valence-electron chi connectivity index (χ3n) is 4.76. The minimum absolute atomic E-state index is 0.0856. The number of aromatic nitrogens is 3. The van der Waals surface area contributed by atoms with Crippen LogP contribution in [0.2, 0.25) is 0 Å². The van der Waals surface area contributed by atoms with Crippen LogP contribution < -0.4 is 5.69 Å². The number of benzene rings is 1. The van der Waals surface area contributed by atoms with Crippen molar-refractivity contribution < 1.29 is 17.2 Å². The lowest BCUT2D eigenvalue weighted by Crippen LogP contribution is -2.40. The predicted octanol–water partition coefficient (Wildman–Crippen LogP) is 2.01. The van der Waals surface area contributed by atoms with Crippen LogP contribution in [0.25, 0.3) is 0 Å². The van der Waals surface area contributed by atoms with Crippen molar-refractivity contribution in [3.8, 4) is 0 Å². The molecule has 2 aromatic rings. The molecule has 1 aliphatic heterocycles. The van der Waals surface area contributed by atoms with E-state index in [0.29, 0.717) is 24.7 Å². The molecule has 1 aromatic carbocycles. The van der Waals surface area contributed by atoms with Gasteiger partial charge in [0.15, 0.2) is 0 Å². The van der Waals surface area contributed by atoms with E-state index < -0.39 is 26.6 Å². The van der Waals surface area contributed by atoms with Gasteiger partial charge in [-0.1, -0.05) is 0 Å². The van der Waals surface area contributed by atoms with E-state index >= 15 is 0 Å². The molecule has 0 aliphatic carbocycles. The van der Waals surface area contributed by atoms with E-state index in [1.54, 1.807) is 11.6 Å². The molecule has 0 spiro atoms. The van der Waals surface area contributed by atoms with E-state index in [1.165, 1.54) is 8.99 Å². The van der Waals surface area contributed by atoms with Crippen molar-refractivity contribution in [3.05, 3.63) is 46.1 Å². The number of rotatable bonds is 4. The Kier molecular flexibility index (Phi) is 5.22. The number of hydrogen-bond acceptors (Lipinski definition) is 4. The van der Waals surface area contributed by atoms with Crippen molar-refractivity contribution in [1.29, 1.82) is 0 Å². The molecule has 1 fully saturated rings. The quantitative estimate of drug-likeness (QED) is 0.787. The number of piperidine rings is 1. The Morgan fingerprint density at radius 3 is 2.59 bits per heavy atom. The first-order chi connectivity index (χ1) is 12.6. The van der Waals surface area contributed by atoms with Crippen LogP contribution in [-0.4, -0.2) is 40.2 Å². The Morgan fingerprint density at radius 1 is 1.26 bits per heavy atom. The van der Waals surface area contributed by atoms with Crippen LogP contribution in [0, 0.1) is 11.6 Å². The first-order valence-electron chi connectivity index (χ1n) is 8.73. The number of sulfonamides is 1. The largest absolute Gasteiger partial charge is 0.345 e. The van der Waals surface area contributed by atoms with Gasteiger partial charge in [-0.2, -0.15) is 9.40 Å². The van der Waals surface area contributed by atoms with E-state index in [0.717, 1.165) is 12.1 Å². The van der Waals surface area contributed by atoms with Gasteiger partial charge < -0.3 is 0 Å². The second kappa shape index (κ2) is 7.16. The molecular formula is C17H22F2N4O3S. The summed E-state index contributed by atoms with van der Waals surface area (Å²) >= 11 is 0. The second-order valence-corrected chi connectivity index (χ2v) is 8.91. The highest BCUT2D eigenvalue weighted by atomic mass is 32.2. The highest BCUT2D eigenvalue weighted by Crippen LogP contribution is 2.30. The predicted molar refractivity (Wildman–Crippen MR) is 94.9 cm³/mol. The Morgan fingerprint density at radius 2 is 1.96 bits per heavy atom. The van der Waals surface area contributed by atoms with Crippen LogP contribution in [0.4, 0.5) is 8.78 Å².